The molecular weight excluding hydrogens is 310 g/mol. The molecule has 1 fully saturated rings. The zero-order valence-electron chi connectivity index (χ0n) is 13.6. The van der Waals surface area contributed by atoms with Gasteiger partial charge >= 0.3 is 0 Å². The summed E-state index contributed by atoms with van der Waals surface area (Å²) in [5.41, 5.74) is 1.97. The van der Waals surface area contributed by atoms with Crippen LogP contribution in [0, 0.1) is 11.6 Å². The molecule has 1 aliphatic heterocycles. The summed E-state index contributed by atoms with van der Waals surface area (Å²) in [5.74, 6) is -0.616. The highest BCUT2D eigenvalue weighted by Crippen LogP contribution is 2.27. The van der Waals surface area contributed by atoms with Gasteiger partial charge in [0.2, 0.25) is 0 Å². The maximum absolute atomic E-state index is 13.7. The van der Waals surface area contributed by atoms with Crippen LogP contribution in [0.4, 0.5) is 20.2 Å². The van der Waals surface area contributed by atoms with Gasteiger partial charge in [0.15, 0.2) is 5.82 Å². The summed E-state index contributed by atoms with van der Waals surface area (Å²) in [7, 11) is 1.60. The molecule has 3 rings (SSSR count). The van der Waals surface area contributed by atoms with E-state index in [1.54, 1.807) is 7.11 Å². The molecule has 2 aromatic rings. The first kappa shape index (κ1) is 16.4. The number of methoxy groups -OCH3 is 1. The summed E-state index contributed by atoms with van der Waals surface area (Å²) in [4.78, 5) is 6.45. The van der Waals surface area contributed by atoms with Crippen LogP contribution in [-0.2, 0) is 0 Å². The van der Waals surface area contributed by atoms with E-state index >= 15 is 0 Å². The van der Waals surface area contributed by atoms with E-state index in [4.69, 9.17) is 4.74 Å². The molecule has 3 nitrogen and oxygen atoms in total. The van der Waals surface area contributed by atoms with Crippen LogP contribution < -0.4 is 9.64 Å². The Kier molecular flexibility index (Phi) is 5.08. The molecule has 0 aromatic heterocycles. The smallest absolute Gasteiger partial charge is 0.151 e. The van der Waals surface area contributed by atoms with Crippen molar-refractivity contribution in [1.82, 2.24) is 0 Å². The molecule has 0 spiro atoms. The molecule has 0 unspecified atom stereocenters. The zero-order chi connectivity index (χ0) is 16.9. The van der Waals surface area contributed by atoms with E-state index in [0.717, 1.165) is 30.4 Å². The van der Waals surface area contributed by atoms with Crippen molar-refractivity contribution in [2.75, 3.05) is 25.1 Å². The number of hydrogen-bond donors (Lipinski definition) is 0. The molecule has 1 heterocycles. The van der Waals surface area contributed by atoms with Crippen LogP contribution in [-0.4, -0.2) is 26.4 Å². The Balaban J connectivity index is 1.83. The van der Waals surface area contributed by atoms with Crippen molar-refractivity contribution in [1.29, 1.82) is 0 Å². The first-order chi connectivity index (χ1) is 11.7. The van der Waals surface area contributed by atoms with E-state index in [0.29, 0.717) is 5.75 Å². The fraction of sp³-hybridized carbons (Fsp3) is 0.316. The van der Waals surface area contributed by atoms with Gasteiger partial charge in [-0.25, -0.2) is 8.78 Å². The van der Waals surface area contributed by atoms with Crippen molar-refractivity contribution in [3.8, 4) is 5.75 Å². The third-order valence-corrected chi connectivity index (χ3v) is 4.19. The van der Waals surface area contributed by atoms with Crippen molar-refractivity contribution < 1.29 is 13.5 Å². The highest BCUT2D eigenvalue weighted by Gasteiger charge is 2.13. The van der Waals surface area contributed by atoms with E-state index in [1.165, 1.54) is 37.6 Å². The number of benzene rings is 2. The SMILES string of the molecule is COc1cc(N2CCCCC2)ccc1C=Nc1ccc(F)cc1F. The number of nitrogens with zero attached hydrogens (tertiary/aromatic N) is 2. The van der Waals surface area contributed by atoms with Crippen LogP contribution in [0.25, 0.3) is 0 Å². The molecule has 24 heavy (non-hydrogen) atoms. The highest BCUT2D eigenvalue weighted by molar-refractivity contribution is 5.86. The predicted octanol–water partition coefficient (Wildman–Crippen LogP) is 4.71. The van der Waals surface area contributed by atoms with Crippen LogP contribution in [0.5, 0.6) is 5.75 Å². The minimum absolute atomic E-state index is 0.0959. The van der Waals surface area contributed by atoms with Crippen LogP contribution in [0.1, 0.15) is 24.8 Å². The second-order valence-corrected chi connectivity index (χ2v) is 5.83. The molecule has 0 saturated carbocycles. The molecule has 2 aromatic carbocycles. The number of halogens is 2. The van der Waals surface area contributed by atoms with Gasteiger partial charge in [-0.05, 0) is 43.5 Å². The number of piperidine rings is 1. The fourth-order valence-electron chi connectivity index (χ4n) is 2.88. The molecule has 0 atom stereocenters. The lowest BCUT2D eigenvalue weighted by molar-refractivity contribution is 0.414. The zero-order valence-corrected chi connectivity index (χ0v) is 13.6. The summed E-state index contributed by atoms with van der Waals surface area (Å²) in [6.45, 7) is 2.11. The van der Waals surface area contributed by atoms with Crippen LogP contribution in [0.2, 0.25) is 0 Å². The topological polar surface area (TPSA) is 24.8 Å². The molecule has 0 radical (unpaired) electrons. The normalized spacial score (nSPS) is 15.0. The lowest BCUT2D eigenvalue weighted by atomic mass is 10.1. The second-order valence-electron chi connectivity index (χ2n) is 5.83. The summed E-state index contributed by atoms with van der Waals surface area (Å²) >= 11 is 0. The van der Waals surface area contributed by atoms with Gasteiger partial charge in [-0.2, -0.15) is 0 Å². The van der Waals surface area contributed by atoms with Gasteiger partial charge in [-0.1, -0.05) is 0 Å². The number of hydrogen-bond acceptors (Lipinski definition) is 3. The summed E-state index contributed by atoms with van der Waals surface area (Å²) < 4.78 is 32.0. The Hall–Kier alpha value is -2.43. The number of aliphatic imine (C=N–C) groups is 1. The Morgan fingerprint density at radius 3 is 2.54 bits per heavy atom. The van der Waals surface area contributed by atoms with E-state index in [1.807, 2.05) is 18.2 Å². The lowest BCUT2D eigenvalue weighted by Crippen LogP contribution is -2.29. The Bertz CT molecular complexity index is 740. The van der Waals surface area contributed by atoms with Crippen molar-refractivity contribution in [2.24, 2.45) is 4.99 Å². The first-order valence-electron chi connectivity index (χ1n) is 8.09. The van der Waals surface area contributed by atoms with E-state index in [2.05, 4.69) is 9.89 Å². The summed E-state index contributed by atoms with van der Waals surface area (Å²) in [6.07, 6.45) is 5.22. The fourth-order valence-corrected chi connectivity index (χ4v) is 2.88. The van der Waals surface area contributed by atoms with Crippen molar-refractivity contribution in [3.05, 3.63) is 53.6 Å². The van der Waals surface area contributed by atoms with Gasteiger partial charge in [0, 0.05) is 42.7 Å². The molecule has 0 N–H and O–H groups in total. The van der Waals surface area contributed by atoms with Gasteiger partial charge < -0.3 is 9.64 Å². The van der Waals surface area contributed by atoms with Crippen molar-refractivity contribution >= 4 is 17.6 Å². The number of ether oxygens (including phenoxy) is 1. The van der Waals surface area contributed by atoms with Gasteiger partial charge in [0.1, 0.15) is 11.6 Å². The third kappa shape index (κ3) is 3.72. The second kappa shape index (κ2) is 7.43. The minimum atomic E-state index is -0.685. The molecular formula is C19H20F2N2O. The molecule has 1 saturated heterocycles. The van der Waals surface area contributed by atoms with E-state index < -0.39 is 11.6 Å². The Morgan fingerprint density at radius 1 is 1.04 bits per heavy atom. The highest BCUT2D eigenvalue weighted by atomic mass is 19.1. The van der Waals surface area contributed by atoms with E-state index in [-0.39, 0.29) is 5.69 Å². The maximum Gasteiger partial charge on any atom is 0.151 e. The lowest BCUT2D eigenvalue weighted by Gasteiger charge is -2.29. The van der Waals surface area contributed by atoms with Crippen LogP contribution in [0.3, 0.4) is 0 Å². The number of anilines is 1. The molecule has 126 valence electrons. The van der Waals surface area contributed by atoms with Crippen LogP contribution in [0.15, 0.2) is 41.4 Å². The Morgan fingerprint density at radius 2 is 1.83 bits per heavy atom. The summed E-state index contributed by atoms with van der Waals surface area (Å²) in [6, 6.07) is 9.24. The summed E-state index contributed by atoms with van der Waals surface area (Å²) in [5, 5.41) is 0. The average molecular weight is 330 g/mol. The van der Waals surface area contributed by atoms with Gasteiger partial charge in [0.25, 0.3) is 0 Å². The minimum Gasteiger partial charge on any atom is -0.496 e. The van der Waals surface area contributed by atoms with Crippen molar-refractivity contribution in [3.63, 3.8) is 0 Å². The average Bonchev–Trinajstić information content (AvgIpc) is 2.61. The standard InChI is InChI=1S/C19H20F2N2O/c1-24-19-12-16(23-9-3-2-4-10-23)7-5-14(19)13-22-18-8-6-15(20)11-17(18)21/h5-8,11-13H,2-4,9-10H2,1H3. The molecule has 1 aliphatic rings. The van der Waals surface area contributed by atoms with E-state index in [9.17, 15) is 8.78 Å². The number of rotatable bonds is 4. The molecule has 0 bridgehead atoms. The third-order valence-electron chi connectivity index (χ3n) is 4.19. The van der Waals surface area contributed by atoms with Gasteiger partial charge in [0.05, 0.1) is 12.8 Å². The molecule has 5 heteroatoms. The van der Waals surface area contributed by atoms with Crippen LogP contribution >= 0.6 is 0 Å². The predicted molar refractivity (Wildman–Crippen MR) is 92.7 cm³/mol. The Labute approximate surface area is 140 Å². The van der Waals surface area contributed by atoms with Crippen molar-refractivity contribution in [2.45, 2.75) is 19.3 Å². The largest absolute Gasteiger partial charge is 0.496 e. The first-order valence-corrected chi connectivity index (χ1v) is 8.09. The monoisotopic (exact) mass is 330 g/mol. The van der Waals surface area contributed by atoms with Gasteiger partial charge in [-0.3, -0.25) is 4.99 Å². The maximum atomic E-state index is 13.7. The van der Waals surface area contributed by atoms with Gasteiger partial charge in [-0.15, -0.1) is 0 Å². The molecule has 0 aliphatic carbocycles. The quantitative estimate of drug-likeness (QED) is 0.758. The molecule has 0 amide bonds.